The van der Waals surface area contributed by atoms with Gasteiger partial charge in [0.1, 0.15) is 0 Å². The Morgan fingerprint density at radius 1 is 0.906 bits per heavy atom. The summed E-state index contributed by atoms with van der Waals surface area (Å²) in [4.78, 5) is 13.6. The molecule has 8 heteroatoms. The molecule has 0 amide bonds. The van der Waals surface area contributed by atoms with E-state index in [1.807, 2.05) is 35.4 Å². The van der Waals surface area contributed by atoms with E-state index in [-0.39, 0.29) is 0 Å². The predicted molar refractivity (Wildman–Crippen MR) is 126 cm³/mol. The molecule has 2 aromatic carbocycles. The summed E-state index contributed by atoms with van der Waals surface area (Å²) < 4.78 is 7.26. The quantitative estimate of drug-likeness (QED) is 0.532. The number of aromatic nitrogens is 4. The Labute approximate surface area is 185 Å². The van der Waals surface area contributed by atoms with Crippen molar-refractivity contribution in [3.63, 3.8) is 0 Å². The van der Waals surface area contributed by atoms with Crippen molar-refractivity contribution in [2.75, 3.05) is 41.4 Å². The lowest BCUT2D eigenvalue weighted by Crippen LogP contribution is -2.36. The lowest BCUT2D eigenvalue weighted by atomic mass is 10.2. The van der Waals surface area contributed by atoms with Crippen molar-refractivity contribution < 1.29 is 4.74 Å². The highest BCUT2D eigenvalue weighted by Gasteiger charge is 2.17. The van der Waals surface area contributed by atoms with E-state index in [1.165, 1.54) is 5.69 Å². The molecule has 1 fully saturated rings. The van der Waals surface area contributed by atoms with E-state index in [9.17, 15) is 0 Å². The Bertz CT molecular complexity index is 1280. The minimum Gasteiger partial charge on any atom is -0.378 e. The molecular weight excluding hydrogens is 402 g/mol. The fourth-order valence-corrected chi connectivity index (χ4v) is 4.11. The van der Waals surface area contributed by atoms with Crippen LogP contribution in [0.3, 0.4) is 0 Å². The van der Waals surface area contributed by atoms with Gasteiger partial charge in [0, 0.05) is 54.1 Å². The Balaban J connectivity index is 1.16. The highest BCUT2D eigenvalue weighted by atomic mass is 16.5. The smallest absolute Gasteiger partial charge is 0.247 e. The first-order valence-corrected chi connectivity index (χ1v) is 10.8. The van der Waals surface area contributed by atoms with Crippen LogP contribution < -0.4 is 15.1 Å². The maximum Gasteiger partial charge on any atom is 0.247 e. The molecule has 1 N–H and O–H groups in total. The molecule has 2 aliphatic rings. The first-order valence-electron chi connectivity index (χ1n) is 10.8. The van der Waals surface area contributed by atoms with Crippen LogP contribution in [0.1, 0.15) is 5.82 Å². The van der Waals surface area contributed by atoms with E-state index in [0.717, 1.165) is 54.4 Å². The van der Waals surface area contributed by atoms with Crippen molar-refractivity contribution in [3.05, 3.63) is 72.8 Å². The van der Waals surface area contributed by atoms with Gasteiger partial charge in [0.25, 0.3) is 0 Å². The molecule has 0 spiro atoms. The van der Waals surface area contributed by atoms with Crippen LogP contribution in [-0.2, 0) is 11.3 Å². The minimum atomic E-state index is 0.591. The number of pyridine rings is 1. The third-order valence-corrected chi connectivity index (χ3v) is 5.82. The molecule has 160 valence electrons. The number of nitrogens with one attached hydrogen (secondary N) is 1. The van der Waals surface area contributed by atoms with Crippen LogP contribution in [0.5, 0.6) is 0 Å². The zero-order chi connectivity index (χ0) is 21.3. The van der Waals surface area contributed by atoms with Gasteiger partial charge in [-0.25, -0.2) is 4.68 Å². The molecule has 0 unspecified atom stereocenters. The van der Waals surface area contributed by atoms with Crippen LogP contribution >= 0.6 is 0 Å². The van der Waals surface area contributed by atoms with Gasteiger partial charge in [-0.2, -0.15) is 4.98 Å². The maximum absolute atomic E-state index is 5.43. The molecule has 0 radical (unpaired) electrons. The summed E-state index contributed by atoms with van der Waals surface area (Å²) in [5.74, 6) is 1.47. The predicted octanol–water partition coefficient (Wildman–Crippen LogP) is 3.85. The molecule has 8 nitrogen and oxygen atoms in total. The van der Waals surface area contributed by atoms with Crippen molar-refractivity contribution in [3.8, 4) is 0 Å². The third-order valence-electron chi connectivity index (χ3n) is 5.82. The normalized spacial score (nSPS) is 15.8. The number of ether oxygens (including phenoxy) is 1. The average molecular weight is 425 g/mol. The maximum atomic E-state index is 5.43. The number of morpholine rings is 1. The van der Waals surface area contributed by atoms with E-state index < -0.39 is 0 Å². The summed E-state index contributed by atoms with van der Waals surface area (Å²) in [6, 6.07) is 18.7. The Morgan fingerprint density at radius 3 is 2.62 bits per heavy atom. The molecule has 0 aliphatic carbocycles. The fraction of sp³-hybridized carbons (Fsp3) is 0.208. The molecule has 32 heavy (non-hydrogen) atoms. The van der Waals surface area contributed by atoms with E-state index in [1.54, 1.807) is 0 Å². The molecule has 0 bridgehead atoms. The molecule has 4 heterocycles. The second kappa shape index (κ2) is 7.97. The SMILES string of the molecule is C1=Cn2nc(Nc3ccc(N4CCOCC4)cc3)nc2CN1c1ccc2ncccc2c1. The number of rotatable bonds is 4. The molecule has 0 atom stereocenters. The van der Waals surface area contributed by atoms with Crippen molar-refractivity contribution in [2.45, 2.75) is 6.54 Å². The van der Waals surface area contributed by atoms with Crippen molar-refractivity contribution in [1.82, 2.24) is 19.7 Å². The van der Waals surface area contributed by atoms with Crippen molar-refractivity contribution >= 4 is 40.1 Å². The summed E-state index contributed by atoms with van der Waals surface area (Å²) >= 11 is 0. The highest BCUT2D eigenvalue weighted by Crippen LogP contribution is 2.26. The average Bonchev–Trinajstić information content (AvgIpc) is 3.26. The zero-order valence-corrected chi connectivity index (χ0v) is 17.6. The number of anilines is 4. The summed E-state index contributed by atoms with van der Waals surface area (Å²) in [5, 5.41) is 9.02. The van der Waals surface area contributed by atoms with Gasteiger partial charge in [-0.3, -0.25) is 4.98 Å². The van der Waals surface area contributed by atoms with Crippen LogP contribution in [0.15, 0.2) is 67.0 Å². The second-order valence-electron chi connectivity index (χ2n) is 7.87. The standard InChI is InChI=1S/C24H23N7O/c1-2-18-16-21(7-8-22(18)25-9-1)30-10-11-31-23(17-30)27-24(28-31)26-19-3-5-20(6-4-19)29-12-14-32-15-13-29/h1-11,16H,12-15,17H2,(H,26,28). The zero-order valence-electron chi connectivity index (χ0n) is 17.6. The fourth-order valence-electron chi connectivity index (χ4n) is 4.11. The van der Waals surface area contributed by atoms with Gasteiger partial charge in [0.2, 0.25) is 5.95 Å². The number of benzene rings is 2. The van der Waals surface area contributed by atoms with Crippen LogP contribution in [0.2, 0.25) is 0 Å². The second-order valence-corrected chi connectivity index (χ2v) is 7.87. The monoisotopic (exact) mass is 425 g/mol. The minimum absolute atomic E-state index is 0.591. The third kappa shape index (κ3) is 3.65. The van der Waals surface area contributed by atoms with E-state index in [2.05, 4.69) is 67.7 Å². The number of fused-ring (bicyclic) bond motifs is 2. The molecule has 1 saturated heterocycles. The number of hydrogen-bond acceptors (Lipinski definition) is 7. The van der Waals surface area contributed by atoms with E-state index in [0.29, 0.717) is 12.5 Å². The first kappa shape index (κ1) is 18.8. The van der Waals surface area contributed by atoms with Crippen LogP contribution in [-0.4, -0.2) is 46.1 Å². The lowest BCUT2D eigenvalue weighted by Gasteiger charge is -2.28. The lowest BCUT2D eigenvalue weighted by molar-refractivity contribution is 0.122. The largest absolute Gasteiger partial charge is 0.378 e. The molecule has 2 aliphatic heterocycles. The van der Waals surface area contributed by atoms with Crippen molar-refractivity contribution in [2.24, 2.45) is 0 Å². The van der Waals surface area contributed by atoms with Crippen molar-refractivity contribution in [1.29, 1.82) is 0 Å². The Hall–Kier alpha value is -3.91. The topological polar surface area (TPSA) is 71.3 Å². The van der Waals surface area contributed by atoms with Gasteiger partial charge >= 0.3 is 0 Å². The summed E-state index contributed by atoms with van der Waals surface area (Å²) in [6.45, 7) is 4.07. The Kier molecular flexibility index (Phi) is 4.69. The molecular formula is C24H23N7O. The Morgan fingerprint density at radius 2 is 1.75 bits per heavy atom. The first-order chi connectivity index (χ1) is 15.8. The van der Waals surface area contributed by atoms with Gasteiger partial charge in [0.05, 0.1) is 25.3 Å². The molecule has 4 aromatic rings. The van der Waals surface area contributed by atoms with Crippen LogP contribution in [0.25, 0.3) is 17.1 Å². The van der Waals surface area contributed by atoms with E-state index in [4.69, 9.17) is 9.72 Å². The molecule has 2 aromatic heterocycles. The number of hydrogen-bond donors (Lipinski definition) is 1. The van der Waals surface area contributed by atoms with Gasteiger partial charge < -0.3 is 19.9 Å². The number of nitrogens with zero attached hydrogens (tertiary/aromatic N) is 6. The van der Waals surface area contributed by atoms with Gasteiger partial charge in [-0.1, -0.05) is 6.07 Å². The summed E-state index contributed by atoms with van der Waals surface area (Å²) in [7, 11) is 0. The van der Waals surface area contributed by atoms with Crippen LogP contribution in [0, 0.1) is 0 Å². The summed E-state index contributed by atoms with van der Waals surface area (Å²) in [5.41, 5.74) is 4.27. The van der Waals surface area contributed by atoms with Crippen LogP contribution in [0.4, 0.5) is 23.0 Å². The van der Waals surface area contributed by atoms with E-state index >= 15 is 0 Å². The summed E-state index contributed by atoms with van der Waals surface area (Å²) in [6.07, 6.45) is 5.78. The van der Waals surface area contributed by atoms with Gasteiger partial charge in [-0.05, 0) is 48.5 Å². The molecule has 6 rings (SSSR count). The van der Waals surface area contributed by atoms with Gasteiger partial charge in [0.15, 0.2) is 5.82 Å². The molecule has 0 saturated carbocycles. The van der Waals surface area contributed by atoms with Gasteiger partial charge in [-0.15, -0.1) is 5.10 Å². The highest BCUT2D eigenvalue weighted by molar-refractivity contribution is 5.82.